The maximum atomic E-state index is 6.08. The van der Waals surface area contributed by atoms with Gasteiger partial charge < -0.3 is 0 Å². The fourth-order valence-electron chi connectivity index (χ4n) is 1.26. The van der Waals surface area contributed by atoms with Gasteiger partial charge in [-0.2, -0.15) is 0 Å². The Kier molecular flexibility index (Phi) is 2.63. The molecule has 0 saturated carbocycles. The Morgan fingerprint density at radius 3 is 2.31 bits per heavy atom. The van der Waals surface area contributed by atoms with Crippen molar-refractivity contribution in [3.05, 3.63) is 44.3 Å². The maximum Gasteiger partial charge on any atom is 0.0496 e. The average molecular weight is 320 g/mol. The Morgan fingerprint density at radius 2 is 1.62 bits per heavy atom. The van der Waals surface area contributed by atoms with Crippen molar-refractivity contribution in [3.8, 4) is 0 Å². The van der Waals surface area contributed by atoms with Gasteiger partial charge >= 0.3 is 0 Å². The summed E-state index contributed by atoms with van der Waals surface area (Å²) in [6.45, 7) is 0. The van der Waals surface area contributed by atoms with Crippen molar-refractivity contribution < 1.29 is 0 Å². The van der Waals surface area contributed by atoms with E-state index in [4.69, 9.17) is 11.6 Å². The maximum absolute atomic E-state index is 6.08. The number of rotatable bonds is 0. The molecule has 0 bridgehead atoms. The fraction of sp³-hybridized carbons (Fsp3) is 0. The van der Waals surface area contributed by atoms with Crippen LogP contribution in [0.4, 0.5) is 0 Å². The van der Waals surface area contributed by atoms with Gasteiger partial charge in [-0.1, -0.05) is 35.9 Å². The molecule has 0 N–H and O–H groups in total. The molecule has 13 heavy (non-hydrogen) atoms. The first kappa shape index (κ1) is 9.50. The quantitative estimate of drug-likeness (QED) is 0.598. The van der Waals surface area contributed by atoms with Crippen LogP contribution in [0.15, 0.2) is 39.3 Å². The highest BCUT2D eigenvalue weighted by molar-refractivity contribution is 9.13. The van der Waals surface area contributed by atoms with E-state index in [1.165, 1.54) is 0 Å². The topological polar surface area (TPSA) is 0 Å². The van der Waals surface area contributed by atoms with Crippen molar-refractivity contribution in [2.45, 2.75) is 0 Å². The van der Waals surface area contributed by atoms with E-state index in [1.807, 2.05) is 30.3 Å². The zero-order valence-electron chi connectivity index (χ0n) is 6.52. The molecule has 0 aliphatic rings. The van der Waals surface area contributed by atoms with Crippen LogP contribution in [0.2, 0.25) is 5.02 Å². The number of fused-ring (bicyclic) bond motifs is 1. The minimum Gasteiger partial charge on any atom is -0.0836 e. The largest absolute Gasteiger partial charge is 0.0836 e. The molecule has 3 heteroatoms. The third-order valence-corrected chi connectivity index (χ3v) is 4.21. The third-order valence-electron chi connectivity index (χ3n) is 1.88. The van der Waals surface area contributed by atoms with Crippen molar-refractivity contribution in [3.63, 3.8) is 0 Å². The zero-order chi connectivity index (χ0) is 9.42. The Morgan fingerprint density at radius 1 is 1.00 bits per heavy atom. The SMILES string of the molecule is Clc1cc(Br)c(Br)c2ccccc12. The number of benzene rings is 2. The lowest BCUT2D eigenvalue weighted by Gasteiger charge is -2.04. The molecule has 0 nitrogen and oxygen atoms in total. The van der Waals surface area contributed by atoms with Crippen LogP contribution in [0, 0.1) is 0 Å². The van der Waals surface area contributed by atoms with Crippen LogP contribution < -0.4 is 0 Å². The third kappa shape index (κ3) is 1.63. The van der Waals surface area contributed by atoms with Gasteiger partial charge in [-0.15, -0.1) is 0 Å². The molecule has 0 saturated heterocycles. The Bertz CT molecular complexity index is 466. The summed E-state index contributed by atoms with van der Waals surface area (Å²) in [5.41, 5.74) is 0. The fourth-order valence-corrected chi connectivity index (χ4v) is 2.57. The normalized spacial score (nSPS) is 10.7. The van der Waals surface area contributed by atoms with Gasteiger partial charge in [0, 0.05) is 19.4 Å². The summed E-state index contributed by atoms with van der Waals surface area (Å²) >= 11 is 13.0. The van der Waals surface area contributed by atoms with Gasteiger partial charge in [0.2, 0.25) is 0 Å². The standard InChI is InChI=1S/C10H5Br2Cl/c11-8-5-9(13)6-3-1-2-4-7(6)10(8)12/h1-5H. The molecule has 2 rings (SSSR count). The van der Waals surface area contributed by atoms with Gasteiger partial charge in [0.25, 0.3) is 0 Å². The van der Waals surface area contributed by atoms with E-state index < -0.39 is 0 Å². The van der Waals surface area contributed by atoms with Crippen molar-refractivity contribution in [2.24, 2.45) is 0 Å². The molecule has 0 heterocycles. The first-order valence-electron chi connectivity index (χ1n) is 3.72. The van der Waals surface area contributed by atoms with E-state index in [-0.39, 0.29) is 0 Å². The van der Waals surface area contributed by atoms with Crippen molar-refractivity contribution in [2.75, 3.05) is 0 Å². The highest BCUT2D eigenvalue weighted by Gasteiger charge is 2.05. The van der Waals surface area contributed by atoms with E-state index in [2.05, 4.69) is 31.9 Å². The van der Waals surface area contributed by atoms with E-state index in [0.717, 1.165) is 24.7 Å². The lowest BCUT2D eigenvalue weighted by molar-refractivity contribution is 1.65. The monoisotopic (exact) mass is 318 g/mol. The molecule has 66 valence electrons. The molecule has 0 unspecified atom stereocenters. The molecule has 0 aliphatic heterocycles. The van der Waals surface area contributed by atoms with Gasteiger partial charge in [-0.25, -0.2) is 0 Å². The van der Waals surface area contributed by atoms with Gasteiger partial charge in [-0.3, -0.25) is 0 Å². The smallest absolute Gasteiger partial charge is 0.0496 e. The van der Waals surface area contributed by atoms with E-state index in [1.54, 1.807) is 0 Å². The van der Waals surface area contributed by atoms with E-state index >= 15 is 0 Å². The lowest BCUT2D eigenvalue weighted by atomic mass is 10.1. The Balaban J connectivity index is 2.97. The lowest BCUT2D eigenvalue weighted by Crippen LogP contribution is -1.77. The van der Waals surface area contributed by atoms with Crippen LogP contribution in [-0.4, -0.2) is 0 Å². The van der Waals surface area contributed by atoms with Crippen LogP contribution in [0.1, 0.15) is 0 Å². The minimum absolute atomic E-state index is 0.769. The van der Waals surface area contributed by atoms with Crippen molar-refractivity contribution in [1.82, 2.24) is 0 Å². The van der Waals surface area contributed by atoms with Crippen LogP contribution in [0.3, 0.4) is 0 Å². The van der Waals surface area contributed by atoms with Gasteiger partial charge in [-0.05, 0) is 43.3 Å². The highest BCUT2D eigenvalue weighted by atomic mass is 79.9. The first-order valence-corrected chi connectivity index (χ1v) is 5.69. The predicted octanol–water partition coefficient (Wildman–Crippen LogP) is 5.02. The van der Waals surface area contributed by atoms with Gasteiger partial charge in [0.15, 0.2) is 0 Å². The summed E-state index contributed by atoms with van der Waals surface area (Å²) in [6.07, 6.45) is 0. The number of halogens is 3. The summed E-state index contributed by atoms with van der Waals surface area (Å²) in [7, 11) is 0. The molecule has 0 spiro atoms. The summed E-state index contributed by atoms with van der Waals surface area (Å²) in [5, 5.41) is 2.96. The Hall–Kier alpha value is -0.0500. The molecule has 2 aromatic rings. The van der Waals surface area contributed by atoms with Crippen molar-refractivity contribution >= 4 is 54.2 Å². The molecule has 0 radical (unpaired) electrons. The first-order chi connectivity index (χ1) is 6.20. The van der Waals surface area contributed by atoms with Crippen LogP contribution in [-0.2, 0) is 0 Å². The van der Waals surface area contributed by atoms with Crippen LogP contribution in [0.5, 0.6) is 0 Å². The highest BCUT2D eigenvalue weighted by Crippen LogP contribution is 2.35. The van der Waals surface area contributed by atoms with Gasteiger partial charge in [0.05, 0.1) is 0 Å². The molecular formula is C10H5Br2Cl. The predicted molar refractivity (Wildman–Crippen MR) is 64.4 cm³/mol. The van der Waals surface area contributed by atoms with Crippen molar-refractivity contribution in [1.29, 1.82) is 0 Å². The Labute approximate surface area is 98.2 Å². The number of hydrogen-bond acceptors (Lipinski definition) is 0. The second kappa shape index (κ2) is 3.60. The summed E-state index contributed by atoms with van der Waals surface area (Å²) < 4.78 is 2.03. The zero-order valence-corrected chi connectivity index (χ0v) is 10.4. The van der Waals surface area contributed by atoms with Crippen LogP contribution in [0.25, 0.3) is 10.8 Å². The van der Waals surface area contributed by atoms with E-state index in [0.29, 0.717) is 0 Å². The molecular weight excluding hydrogens is 315 g/mol. The molecule has 2 aromatic carbocycles. The summed E-state index contributed by atoms with van der Waals surface area (Å²) in [4.78, 5) is 0. The molecule has 0 aromatic heterocycles. The second-order valence-electron chi connectivity index (χ2n) is 2.70. The average Bonchev–Trinajstić information content (AvgIpc) is 2.15. The van der Waals surface area contributed by atoms with Gasteiger partial charge in [0.1, 0.15) is 0 Å². The molecule has 0 aliphatic carbocycles. The molecule has 0 amide bonds. The molecule has 0 fully saturated rings. The number of hydrogen-bond donors (Lipinski definition) is 0. The molecule has 0 atom stereocenters. The van der Waals surface area contributed by atoms with E-state index in [9.17, 15) is 0 Å². The summed E-state index contributed by atoms with van der Waals surface area (Å²) in [6, 6.07) is 9.92. The minimum atomic E-state index is 0.769. The van der Waals surface area contributed by atoms with Crippen LogP contribution >= 0.6 is 43.5 Å². The summed E-state index contributed by atoms with van der Waals surface area (Å²) in [5.74, 6) is 0. The second-order valence-corrected chi connectivity index (χ2v) is 4.75.